The third kappa shape index (κ3) is 29.7. The smallest absolute Gasteiger partial charge is 0.308 e. The zero-order valence-electron chi connectivity index (χ0n) is 68.2. The Balaban J connectivity index is 0.000000258. The summed E-state index contributed by atoms with van der Waals surface area (Å²) in [7, 11) is -1.96. The summed E-state index contributed by atoms with van der Waals surface area (Å²) in [6.45, 7) is 19.8. The molecule has 0 spiro atoms. The first kappa shape index (κ1) is 99.4. The number of carbonyl (C=O) groups excluding carboxylic acids is 3. The van der Waals surface area contributed by atoms with Crippen LogP contribution < -0.4 is 0 Å². The fourth-order valence-electron chi connectivity index (χ4n) is 14.1. The summed E-state index contributed by atoms with van der Waals surface area (Å²) >= 11 is 0. The van der Waals surface area contributed by atoms with Gasteiger partial charge in [0.1, 0.15) is 17.5 Å². The number of rotatable bonds is 23. The van der Waals surface area contributed by atoms with Crippen LogP contribution in [-0.2, 0) is 62.4 Å². The van der Waals surface area contributed by atoms with E-state index in [1.54, 1.807) is 46.1 Å². The average molecular weight is 1680 g/mol. The number of pyridine rings is 3. The van der Waals surface area contributed by atoms with Crippen molar-refractivity contribution in [1.82, 2.24) is 15.0 Å². The fourth-order valence-corrected chi connectivity index (χ4v) is 14.1. The lowest BCUT2D eigenvalue weighted by Gasteiger charge is -2.39. The van der Waals surface area contributed by atoms with Gasteiger partial charge in [0, 0.05) is 93.7 Å². The van der Waals surface area contributed by atoms with E-state index in [9.17, 15) is 46.2 Å². The number of aliphatic hydroxyl groups is 2. The van der Waals surface area contributed by atoms with Crippen molar-refractivity contribution in [3.8, 4) is 33.4 Å². The van der Waals surface area contributed by atoms with E-state index in [-0.39, 0.29) is 121 Å². The van der Waals surface area contributed by atoms with Gasteiger partial charge in [-0.1, -0.05) is 157 Å². The molecule has 3 saturated carbocycles. The first-order valence-electron chi connectivity index (χ1n) is 39.8. The SMILES string of the molecule is C.C.C.C.CCOC(=O)C[C@H](O)C[C@H](O)/C=C/c1c(C2CC2)nc2ccccc2c1-c1ccc(F)cc1.CCOC(=O)C[C@H]1C[C@@H](/C=C/c2c(C3CC3)nc3ccccc3c2-c2ccc(F)cc2)OC(C)(C)O1.CCOC(=O)C[C@H]1C[C@@H](/C=C/c2c(C3CC3)nc3ccccc3c2-c2ccc(F)cc2)OC(C)(C)O1.COC(C)(C)C.CS(=O)(=O)O. The third-order valence-electron chi connectivity index (χ3n) is 19.6. The summed E-state index contributed by atoms with van der Waals surface area (Å²) in [5.74, 6) is -2.33. The second-order valence-corrected chi connectivity index (χ2v) is 32.9. The van der Waals surface area contributed by atoms with Crippen molar-refractivity contribution < 1.29 is 88.6 Å². The van der Waals surface area contributed by atoms with Crippen LogP contribution in [0.5, 0.6) is 0 Å². The number of benzene rings is 6. The molecule has 5 aliphatic rings. The monoisotopic (exact) mass is 1680 g/mol. The van der Waals surface area contributed by atoms with Gasteiger partial charge < -0.3 is 48.1 Å². The van der Waals surface area contributed by atoms with E-state index in [1.165, 1.54) is 36.4 Å². The number of esters is 3. The second kappa shape index (κ2) is 44.9. The van der Waals surface area contributed by atoms with Crippen LogP contribution in [0.15, 0.2) is 164 Å². The number of ether oxygens (including phenoxy) is 8. The molecule has 23 heteroatoms. The summed E-state index contributed by atoms with van der Waals surface area (Å²) in [6, 6.07) is 43.8. The molecule has 2 saturated heterocycles. The molecule has 6 aromatic carbocycles. The van der Waals surface area contributed by atoms with Crippen LogP contribution in [0.3, 0.4) is 0 Å². The molecule has 0 bridgehead atoms. The molecule has 0 amide bonds. The van der Waals surface area contributed by atoms with E-state index in [1.807, 2.05) is 152 Å². The summed E-state index contributed by atoms with van der Waals surface area (Å²) in [4.78, 5) is 50.8. The Labute approximate surface area is 707 Å². The standard InChI is InChI=1S/2C30H32FNO4.C27H28FNO4.C5H12O.CH4O3S.4CH4/c2*1-4-34-27(33)18-23-17-22(35-30(2,3)36-23)15-16-25-28(19-11-13-21(31)14-12-19)24-7-5-6-8-26(24)32-29(25)20-9-10-20;1-2-33-25(32)16-21(31)15-20(30)13-14-23-26(17-9-11-19(28)12-10-17)22-5-3-4-6-24(22)29-27(23)18-7-8-18;1-5(2,3)6-4;1-5(2,3)4;;;;/h2*5-8,11-16,20,22-23H,4,9-10,17-18H2,1-3H3;3-6,9-14,18,20-21,30-31H,2,7-8,15-16H2,1H3;1-4H3;1H3,(H,2,3,4);4*1H4/b2*16-15+;14-13+;;;;;;/t2*22-,23-;20-,21-;;;;;;/m111....../s1. The molecule has 19 nitrogen and oxygen atoms in total. The highest BCUT2D eigenvalue weighted by atomic mass is 32.2. The van der Waals surface area contributed by atoms with Gasteiger partial charge in [-0.15, -0.1) is 0 Å². The fraction of sp³-hybridized carbons (Fsp3) is 0.443. The van der Waals surface area contributed by atoms with Gasteiger partial charge in [0.15, 0.2) is 11.6 Å². The van der Waals surface area contributed by atoms with Gasteiger partial charge in [-0.05, 0) is 179 Å². The van der Waals surface area contributed by atoms with Crippen molar-refractivity contribution in [2.45, 2.75) is 248 Å². The van der Waals surface area contributed by atoms with Gasteiger partial charge in [0.25, 0.3) is 10.1 Å². The van der Waals surface area contributed by atoms with E-state index in [4.69, 9.17) is 57.4 Å². The van der Waals surface area contributed by atoms with Crippen molar-refractivity contribution >= 4 is 79.0 Å². The Morgan fingerprint density at radius 1 is 0.500 bits per heavy atom. The normalized spacial score (nSPS) is 18.4. The van der Waals surface area contributed by atoms with Gasteiger partial charge in [-0.3, -0.25) is 33.9 Å². The minimum atomic E-state index is -3.67. The maximum absolute atomic E-state index is 13.8. The summed E-state index contributed by atoms with van der Waals surface area (Å²) in [6.07, 6.45) is 17.3. The quantitative estimate of drug-likeness (QED) is 0.0305. The van der Waals surface area contributed by atoms with Crippen LogP contribution in [-0.4, -0.2) is 143 Å². The lowest BCUT2D eigenvalue weighted by molar-refractivity contribution is -0.291. The second-order valence-electron chi connectivity index (χ2n) is 31.4. The Hall–Kier alpha value is -9.40. The zero-order chi connectivity index (χ0) is 83.7. The van der Waals surface area contributed by atoms with E-state index in [2.05, 4.69) is 24.3 Å². The Bertz CT molecular complexity index is 4850. The Morgan fingerprint density at radius 2 is 0.792 bits per heavy atom. The van der Waals surface area contributed by atoms with Crippen LogP contribution >= 0.6 is 0 Å². The molecular formula is C97H124F3N3O16S. The summed E-state index contributed by atoms with van der Waals surface area (Å²) in [5, 5.41) is 23.6. The number of halogens is 3. The molecule has 2 aliphatic heterocycles. The van der Waals surface area contributed by atoms with Crippen LogP contribution in [0.1, 0.15) is 228 Å². The van der Waals surface area contributed by atoms with Crippen molar-refractivity contribution in [1.29, 1.82) is 0 Å². The van der Waals surface area contributed by atoms with Gasteiger partial charge in [0.05, 0.1) is 121 Å². The summed E-state index contributed by atoms with van der Waals surface area (Å²) < 4.78 is 112. The van der Waals surface area contributed by atoms with Crippen molar-refractivity contribution in [2.75, 3.05) is 33.2 Å². The van der Waals surface area contributed by atoms with Crippen LogP contribution in [0, 0.1) is 17.5 Å². The van der Waals surface area contributed by atoms with E-state index in [0.29, 0.717) is 50.1 Å². The lowest BCUT2D eigenvalue weighted by Crippen LogP contribution is -2.44. The van der Waals surface area contributed by atoms with Crippen LogP contribution in [0.2, 0.25) is 0 Å². The zero-order valence-corrected chi connectivity index (χ0v) is 69.0. The predicted octanol–water partition coefficient (Wildman–Crippen LogP) is 22.1. The molecule has 5 fully saturated rings. The Morgan fingerprint density at radius 3 is 1.08 bits per heavy atom. The maximum atomic E-state index is 13.8. The molecule has 5 heterocycles. The van der Waals surface area contributed by atoms with Gasteiger partial charge in [-0.25, -0.2) is 13.2 Å². The molecule has 14 rings (SSSR count). The number of aliphatic hydroxyl groups excluding tert-OH is 2. The van der Waals surface area contributed by atoms with Crippen molar-refractivity contribution in [3.63, 3.8) is 0 Å². The minimum absolute atomic E-state index is 0. The number of para-hydroxylation sites is 3. The highest BCUT2D eigenvalue weighted by molar-refractivity contribution is 7.85. The molecule has 3 N–H and O–H groups in total. The number of carbonyl (C=O) groups is 3. The molecular weight excluding hydrogens is 1550 g/mol. The van der Waals surface area contributed by atoms with E-state index in [0.717, 1.165) is 138 Å². The van der Waals surface area contributed by atoms with Crippen LogP contribution in [0.4, 0.5) is 13.2 Å². The highest BCUT2D eigenvalue weighted by Crippen LogP contribution is 2.49. The molecule has 120 heavy (non-hydrogen) atoms. The highest BCUT2D eigenvalue weighted by Gasteiger charge is 2.39. The lowest BCUT2D eigenvalue weighted by atomic mass is 9.92. The number of aromatic nitrogens is 3. The topological polar surface area (TPSA) is 259 Å². The van der Waals surface area contributed by atoms with E-state index >= 15 is 0 Å². The molecule has 9 aromatic rings. The van der Waals surface area contributed by atoms with Crippen molar-refractivity contribution in [3.05, 3.63) is 215 Å². The maximum Gasteiger partial charge on any atom is 0.308 e. The van der Waals surface area contributed by atoms with Crippen LogP contribution in [0.25, 0.3) is 84.3 Å². The first-order chi connectivity index (χ1) is 55.2. The predicted molar refractivity (Wildman–Crippen MR) is 473 cm³/mol. The van der Waals surface area contributed by atoms with E-state index < -0.39 is 39.9 Å². The molecule has 3 aliphatic carbocycles. The van der Waals surface area contributed by atoms with Gasteiger partial charge in [-0.2, -0.15) is 8.42 Å². The van der Waals surface area contributed by atoms with Crippen molar-refractivity contribution in [2.24, 2.45) is 0 Å². The Kier molecular flexibility index (Phi) is 37.2. The number of nitrogens with zero attached hydrogens (tertiary/aromatic N) is 3. The number of methoxy groups -OCH3 is 1. The number of fused-ring (bicyclic) bond motifs is 3. The minimum Gasteiger partial charge on any atom is -0.466 e. The largest absolute Gasteiger partial charge is 0.466 e. The number of hydrogen-bond donors (Lipinski definition) is 3. The molecule has 650 valence electrons. The van der Waals surface area contributed by atoms with Gasteiger partial charge >= 0.3 is 17.9 Å². The average Bonchev–Trinajstić information content (AvgIpc) is 1.52. The first-order valence-corrected chi connectivity index (χ1v) is 41.6. The molecule has 6 atom stereocenters. The molecule has 0 unspecified atom stereocenters. The molecule has 3 aromatic heterocycles. The molecule has 0 radical (unpaired) electrons. The van der Waals surface area contributed by atoms with Gasteiger partial charge in [0.2, 0.25) is 0 Å². The third-order valence-corrected chi connectivity index (χ3v) is 19.6. The number of hydrogen-bond acceptors (Lipinski definition) is 18. The summed E-state index contributed by atoms with van der Waals surface area (Å²) in [5.41, 5.74) is 14.7.